The summed E-state index contributed by atoms with van der Waals surface area (Å²) in [6.07, 6.45) is -2.87. The third-order valence-electron chi connectivity index (χ3n) is 1.82. The lowest BCUT2D eigenvalue weighted by atomic mass is 10.2. The number of halogens is 3. The van der Waals surface area contributed by atoms with Crippen LogP contribution in [0.25, 0.3) is 0 Å². The van der Waals surface area contributed by atoms with Crippen LogP contribution in [-0.2, 0) is 6.18 Å². The van der Waals surface area contributed by atoms with Crippen molar-refractivity contribution in [2.24, 2.45) is 0 Å². The number of unbranched alkanes of at least 4 members (excludes halogenated alkanes) is 1. The highest BCUT2D eigenvalue weighted by Gasteiger charge is 2.30. The van der Waals surface area contributed by atoms with Gasteiger partial charge < -0.3 is 4.74 Å². The first-order valence-corrected chi connectivity index (χ1v) is 4.63. The van der Waals surface area contributed by atoms with E-state index in [1.54, 1.807) is 0 Å². The van der Waals surface area contributed by atoms with E-state index in [-0.39, 0.29) is 5.75 Å². The van der Waals surface area contributed by atoms with Gasteiger partial charge >= 0.3 is 6.18 Å². The van der Waals surface area contributed by atoms with Crippen molar-refractivity contribution in [3.8, 4) is 5.75 Å². The molecule has 1 radical (unpaired) electrons. The normalized spacial score (nSPS) is 11.5. The number of ether oxygens (including phenoxy) is 1. The molecule has 0 saturated heterocycles. The maximum absolute atomic E-state index is 12.3. The van der Waals surface area contributed by atoms with Gasteiger partial charge in [-0.25, -0.2) is 0 Å². The van der Waals surface area contributed by atoms with Crippen LogP contribution in [0, 0.1) is 6.92 Å². The molecule has 4 heteroatoms. The Bertz CT molecular complexity index is 307. The van der Waals surface area contributed by atoms with Crippen LogP contribution in [0.15, 0.2) is 24.3 Å². The first-order chi connectivity index (χ1) is 7.04. The van der Waals surface area contributed by atoms with Crippen LogP contribution in [0.2, 0.25) is 0 Å². The van der Waals surface area contributed by atoms with Gasteiger partial charge in [0.25, 0.3) is 0 Å². The van der Waals surface area contributed by atoms with E-state index in [1.807, 2.05) is 0 Å². The molecule has 83 valence electrons. The van der Waals surface area contributed by atoms with Crippen molar-refractivity contribution in [3.05, 3.63) is 36.8 Å². The Hall–Kier alpha value is -1.19. The molecule has 0 heterocycles. The van der Waals surface area contributed by atoms with Gasteiger partial charge in [-0.15, -0.1) is 0 Å². The number of alkyl halides is 3. The average molecular weight is 217 g/mol. The van der Waals surface area contributed by atoms with Gasteiger partial charge in [0.15, 0.2) is 0 Å². The minimum atomic E-state index is -4.31. The van der Waals surface area contributed by atoms with Gasteiger partial charge in [0.1, 0.15) is 5.75 Å². The number of hydrogen-bond acceptors (Lipinski definition) is 1. The van der Waals surface area contributed by atoms with Gasteiger partial charge in [-0.3, -0.25) is 0 Å². The maximum Gasteiger partial charge on any atom is 0.416 e. The average Bonchev–Trinajstić information content (AvgIpc) is 2.17. The predicted octanol–water partition coefficient (Wildman–Crippen LogP) is 3.70. The lowest BCUT2D eigenvalue weighted by molar-refractivity contribution is -0.137. The Labute approximate surface area is 86.9 Å². The van der Waals surface area contributed by atoms with Crippen molar-refractivity contribution in [1.29, 1.82) is 0 Å². The van der Waals surface area contributed by atoms with Crippen LogP contribution < -0.4 is 4.74 Å². The topological polar surface area (TPSA) is 9.23 Å². The van der Waals surface area contributed by atoms with Crippen LogP contribution >= 0.6 is 0 Å². The van der Waals surface area contributed by atoms with Crippen LogP contribution in [0.5, 0.6) is 5.75 Å². The van der Waals surface area contributed by atoms with Crippen LogP contribution in [0.1, 0.15) is 18.4 Å². The summed E-state index contributed by atoms with van der Waals surface area (Å²) in [5, 5.41) is 0. The molecule has 0 fully saturated rings. The first-order valence-electron chi connectivity index (χ1n) is 4.63. The predicted molar refractivity (Wildman–Crippen MR) is 51.5 cm³/mol. The van der Waals surface area contributed by atoms with Crippen molar-refractivity contribution >= 4 is 0 Å². The van der Waals surface area contributed by atoms with E-state index in [1.165, 1.54) is 12.1 Å². The molecule has 0 atom stereocenters. The quantitative estimate of drug-likeness (QED) is 0.699. The SMILES string of the molecule is [CH2]CCCOc1cccc(C(F)(F)F)c1. The lowest BCUT2D eigenvalue weighted by Gasteiger charge is -2.09. The van der Waals surface area contributed by atoms with Gasteiger partial charge in [-0.05, 0) is 24.6 Å². The zero-order valence-electron chi connectivity index (χ0n) is 8.18. The first kappa shape index (κ1) is 11.9. The summed E-state index contributed by atoms with van der Waals surface area (Å²) in [6, 6.07) is 4.87. The second-order valence-electron chi connectivity index (χ2n) is 3.08. The largest absolute Gasteiger partial charge is 0.494 e. The standard InChI is InChI=1S/C11H12F3O/c1-2-3-7-15-10-6-4-5-9(8-10)11(12,13)14/h4-6,8H,1-3,7H2. The minimum absolute atomic E-state index is 0.248. The lowest BCUT2D eigenvalue weighted by Crippen LogP contribution is -2.05. The molecular weight excluding hydrogens is 205 g/mol. The molecule has 0 aliphatic heterocycles. The summed E-state index contributed by atoms with van der Waals surface area (Å²) < 4.78 is 42.0. The fourth-order valence-corrected chi connectivity index (χ4v) is 1.05. The van der Waals surface area contributed by atoms with E-state index in [2.05, 4.69) is 6.92 Å². The molecule has 0 spiro atoms. The fourth-order valence-electron chi connectivity index (χ4n) is 1.05. The van der Waals surface area contributed by atoms with E-state index in [0.717, 1.165) is 18.6 Å². The molecule has 1 rings (SSSR count). The Kier molecular flexibility index (Phi) is 4.00. The van der Waals surface area contributed by atoms with Crippen molar-refractivity contribution in [3.63, 3.8) is 0 Å². The van der Waals surface area contributed by atoms with Crippen molar-refractivity contribution < 1.29 is 17.9 Å². The van der Waals surface area contributed by atoms with Crippen molar-refractivity contribution in [2.45, 2.75) is 19.0 Å². The third-order valence-corrected chi connectivity index (χ3v) is 1.82. The van der Waals surface area contributed by atoms with Gasteiger partial charge in [-0.2, -0.15) is 13.2 Å². The molecule has 0 N–H and O–H groups in total. The molecular formula is C11H12F3O. The molecule has 0 unspecified atom stereocenters. The molecule has 0 saturated carbocycles. The van der Waals surface area contributed by atoms with Crippen molar-refractivity contribution in [2.75, 3.05) is 6.61 Å². The van der Waals surface area contributed by atoms with Gasteiger partial charge in [0.2, 0.25) is 0 Å². The molecule has 0 bridgehead atoms. The van der Waals surface area contributed by atoms with Crippen molar-refractivity contribution in [1.82, 2.24) is 0 Å². The Morgan fingerprint density at radius 1 is 1.27 bits per heavy atom. The third kappa shape index (κ3) is 3.81. The molecule has 0 aromatic heterocycles. The molecule has 0 amide bonds. The fraction of sp³-hybridized carbons (Fsp3) is 0.364. The molecule has 0 aliphatic carbocycles. The summed E-state index contributed by atoms with van der Waals surface area (Å²) in [5.74, 6) is 0.248. The highest BCUT2D eigenvalue weighted by atomic mass is 19.4. The number of rotatable bonds is 4. The van der Waals surface area contributed by atoms with E-state index in [0.29, 0.717) is 13.0 Å². The smallest absolute Gasteiger partial charge is 0.416 e. The van der Waals surface area contributed by atoms with E-state index < -0.39 is 11.7 Å². The summed E-state index contributed by atoms with van der Waals surface area (Å²) in [4.78, 5) is 0. The van der Waals surface area contributed by atoms with E-state index >= 15 is 0 Å². The second kappa shape index (κ2) is 5.05. The van der Waals surface area contributed by atoms with Gasteiger partial charge in [-0.1, -0.05) is 19.4 Å². The molecule has 1 aromatic rings. The number of hydrogen-bond donors (Lipinski definition) is 0. The summed E-state index contributed by atoms with van der Waals surface area (Å²) in [6.45, 7) is 4.01. The summed E-state index contributed by atoms with van der Waals surface area (Å²) in [7, 11) is 0. The van der Waals surface area contributed by atoms with Gasteiger partial charge in [0.05, 0.1) is 12.2 Å². The minimum Gasteiger partial charge on any atom is -0.494 e. The van der Waals surface area contributed by atoms with Gasteiger partial charge in [0, 0.05) is 0 Å². The Balaban J connectivity index is 2.66. The zero-order chi connectivity index (χ0) is 11.3. The summed E-state index contributed by atoms with van der Waals surface area (Å²) >= 11 is 0. The highest BCUT2D eigenvalue weighted by Crippen LogP contribution is 2.31. The summed E-state index contributed by atoms with van der Waals surface area (Å²) in [5.41, 5.74) is -0.686. The van der Waals surface area contributed by atoms with Crippen LogP contribution in [0.4, 0.5) is 13.2 Å². The van der Waals surface area contributed by atoms with E-state index in [9.17, 15) is 13.2 Å². The zero-order valence-corrected chi connectivity index (χ0v) is 8.18. The molecule has 1 nitrogen and oxygen atoms in total. The Morgan fingerprint density at radius 2 is 2.00 bits per heavy atom. The van der Waals surface area contributed by atoms with Crippen LogP contribution in [0.3, 0.4) is 0 Å². The number of benzene rings is 1. The molecule has 15 heavy (non-hydrogen) atoms. The highest BCUT2D eigenvalue weighted by molar-refractivity contribution is 5.30. The van der Waals surface area contributed by atoms with E-state index in [4.69, 9.17) is 4.74 Å². The molecule has 1 aromatic carbocycles. The maximum atomic E-state index is 12.3. The van der Waals surface area contributed by atoms with Crippen LogP contribution in [-0.4, -0.2) is 6.61 Å². The monoisotopic (exact) mass is 217 g/mol. The molecule has 0 aliphatic rings. The Morgan fingerprint density at radius 3 is 2.60 bits per heavy atom. The second-order valence-corrected chi connectivity index (χ2v) is 3.08.